The highest BCUT2D eigenvalue weighted by atomic mass is 32.1. The first-order valence-corrected chi connectivity index (χ1v) is 5.08. The standard InChI is InChI=1S/C9H10O3S/c10-8(11)7-5-3-1-2-4-6(5)9(12)13-7/h12H,1-4H2,(H,10,11). The molecule has 1 aromatic rings. The summed E-state index contributed by atoms with van der Waals surface area (Å²) in [5, 5.41) is 18.5. The number of thiophene rings is 1. The predicted octanol–water partition coefficient (Wildman–Crippen LogP) is 2.03. The van der Waals surface area contributed by atoms with Gasteiger partial charge in [-0.1, -0.05) is 11.3 Å². The van der Waals surface area contributed by atoms with Gasteiger partial charge in [-0.3, -0.25) is 0 Å². The Hall–Kier alpha value is -1.03. The average molecular weight is 198 g/mol. The third-order valence-electron chi connectivity index (χ3n) is 2.39. The van der Waals surface area contributed by atoms with Gasteiger partial charge < -0.3 is 10.2 Å². The average Bonchev–Trinajstić information content (AvgIpc) is 2.45. The maximum absolute atomic E-state index is 10.8. The Labute approximate surface area is 79.6 Å². The third-order valence-corrected chi connectivity index (χ3v) is 3.46. The Morgan fingerprint density at radius 2 is 1.85 bits per heavy atom. The highest BCUT2D eigenvalue weighted by Gasteiger charge is 2.23. The molecular formula is C9H10O3S. The van der Waals surface area contributed by atoms with Gasteiger partial charge >= 0.3 is 5.97 Å². The van der Waals surface area contributed by atoms with Gasteiger partial charge in [0.2, 0.25) is 0 Å². The number of aromatic hydroxyl groups is 1. The minimum absolute atomic E-state index is 0.201. The molecule has 0 fully saturated rings. The van der Waals surface area contributed by atoms with E-state index in [1.54, 1.807) is 0 Å². The molecule has 0 radical (unpaired) electrons. The van der Waals surface area contributed by atoms with Gasteiger partial charge in [0, 0.05) is 5.56 Å². The van der Waals surface area contributed by atoms with Gasteiger partial charge in [0.05, 0.1) is 0 Å². The van der Waals surface area contributed by atoms with Crippen molar-refractivity contribution in [1.82, 2.24) is 0 Å². The van der Waals surface area contributed by atoms with Crippen molar-refractivity contribution in [2.75, 3.05) is 0 Å². The zero-order chi connectivity index (χ0) is 9.42. The quantitative estimate of drug-likeness (QED) is 0.726. The van der Waals surface area contributed by atoms with E-state index in [1.165, 1.54) is 0 Å². The van der Waals surface area contributed by atoms with Gasteiger partial charge in [-0.25, -0.2) is 4.79 Å². The van der Waals surface area contributed by atoms with Gasteiger partial charge in [0.1, 0.15) is 4.88 Å². The number of aromatic carboxylic acids is 1. The van der Waals surface area contributed by atoms with E-state index in [4.69, 9.17) is 5.11 Å². The fourth-order valence-corrected chi connectivity index (χ4v) is 2.76. The van der Waals surface area contributed by atoms with Crippen molar-refractivity contribution in [3.05, 3.63) is 16.0 Å². The number of rotatable bonds is 1. The molecule has 3 nitrogen and oxygen atoms in total. The molecule has 0 spiro atoms. The van der Waals surface area contributed by atoms with Crippen LogP contribution in [-0.4, -0.2) is 16.2 Å². The Balaban J connectivity index is 2.53. The topological polar surface area (TPSA) is 57.5 Å². The third kappa shape index (κ3) is 1.31. The SMILES string of the molecule is O=C(O)c1sc(O)c2c1CCCC2. The normalized spacial score (nSPS) is 15.4. The molecular weight excluding hydrogens is 188 g/mol. The van der Waals surface area contributed by atoms with Crippen LogP contribution in [-0.2, 0) is 12.8 Å². The summed E-state index contributed by atoms with van der Waals surface area (Å²) in [4.78, 5) is 11.1. The first kappa shape index (κ1) is 8.56. The molecule has 0 bridgehead atoms. The molecule has 70 valence electrons. The van der Waals surface area contributed by atoms with Gasteiger partial charge in [0.25, 0.3) is 0 Å². The van der Waals surface area contributed by atoms with Crippen molar-refractivity contribution < 1.29 is 15.0 Å². The second kappa shape index (κ2) is 3.03. The Morgan fingerprint density at radius 3 is 2.46 bits per heavy atom. The molecule has 2 N–H and O–H groups in total. The Kier molecular flexibility index (Phi) is 2.00. The molecule has 2 rings (SSSR count). The molecule has 0 saturated carbocycles. The van der Waals surface area contributed by atoms with E-state index in [9.17, 15) is 9.90 Å². The molecule has 1 heterocycles. The highest BCUT2D eigenvalue weighted by Crippen LogP contribution is 2.38. The number of hydrogen-bond donors (Lipinski definition) is 2. The van der Waals surface area contributed by atoms with E-state index in [-0.39, 0.29) is 5.06 Å². The van der Waals surface area contributed by atoms with Crippen molar-refractivity contribution >= 4 is 17.3 Å². The number of carbonyl (C=O) groups is 1. The van der Waals surface area contributed by atoms with E-state index in [2.05, 4.69) is 0 Å². The molecule has 0 aromatic carbocycles. The lowest BCUT2D eigenvalue weighted by molar-refractivity contribution is 0.0701. The maximum Gasteiger partial charge on any atom is 0.346 e. The van der Waals surface area contributed by atoms with Crippen molar-refractivity contribution in [2.45, 2.75) is 25.7 Å². The summed E-state index contributed by atoms with van der Waals surface area (Å²) >= 11 is 0.994. The van der Waals surface area contributed by atoms with E-state index in [1.807, 2.05) is 0 Å². The molecule has 1 aromatic heterocycles. The van der Waals surface area contributed by atoms with Crippen molar-refractivity contribution in [2.24, 2.45) is 0 Å². The number of carboxylic acid groups (broad SMARTS) is 1. The summed E-state index contributed by atoms with van der Waals surface area (Å²) in [6, 6.07) is 0. The van der Waals surface area contributed by atoms with E-state index < -0.39 is 5.97 Å². The summed E-state index contributed by atoms with van der Waals surface area (Å²) < 4.78 is 0. The van der Waals surface area contributed by atoms with Crippen LogP contribution in [0.15, 0.2) is 0 Å². The maximum atomic E-state index is 10.8. The second-order valence-corrected chi connectivity index (χ2v) is 4.20. The predicted molar refractivity (Wildman–Crippen MR) is 49.6 cm³/mol. The van der Waals surface area contributed by atoms with Crippen molar-refractivity contribution in [1.29, 1.82) is 0 Å². The summed E-state index contributed by atoms with van der Waals surface area (Å²) in [6.45, 7) is 0. The molecule has 13 heavy (non-hydrogen) atoms. The molecule has 4 heteroatoms. The van der Waals surface area contributed by atoms with Gasteiger partial charge in [-0.2, -0.15) is 0 Å². The molecule has 0 amide bonds. The van der Waals surface area contributed by atoms with Crippen LogP contribution in [0.4, 0.5) is 0 Å². The Bertz CT molecular complexity index is 354. The summed E-state index contributed by atoms with van der Waals surface area (Å²) in [5.41, 5.74) is 1.73. The fourth-order valence-electron chi connectivity index (χ4n) is 1.78. The van der Waals surface area contributed by atoms with Crippen LogP contribution >= 0.6 is 11.3 Å². The number of carboxylic acids is 1. The minimum Gasteiger partial charge on any atom is -0.499 e. The van der Waals surface area contributed by atoms with E-state index in [0.29, 0.717) is 4.88 Å². The molecule has 0 aliphatic heterocycles. The monoisotopic (exact) mass is 198 g/mol. The lowest BCUT2D eigenvalue weighted by Crippen LogP contribution is -2.04. The van der Waals surface area contributed by atoms with Crippen LogP contribution < -0.4 is 0 Å². The number of fused-ring (bicyclic) bond motifs is 1. The molecule has 1 aliphatic rings. The summed E-state index contributed by atoms with van der Waals surface area (Å²) in [7, 11) is 0. The first-order valence-electron chi connectivity index (χ1n) is 4.27. The first-order chi connectivity index (χ1) is 6.20. The van der Waals surface area contributed by atoms with Crippen molar-refractivity contribution in [3.8, 4) is 5.06 Å². The fraction of sp³-hybridized carbons (Fsp3) is 0.444. The van der Waals surface area contributed by atoms with Crippen LogP contribution in [0.5, 0.6) is 5.06 Å². The second-order valence-electron chi connectivity index (χ2n) is 3.21. The van der Waals surface area contributed by atoms with Crippen LogP contribution in [0.25, 0.3) is 0 Å². The largest absolute Gasteiger partial charge is 0.499 e. The van der Waals surface area contributed by atoms with Crippen molar-refractivity contribution in [3.63, 3.8) is 0 Å². The van der Waals surface area contributed by atoms with E-state index >= 15 is 0 Å². The van der Waals surface area contributed by atoms with Crippen LogP contribution in [0, 0.1) is 0 Å². The lowest BCUT2D eigenvalue weighted by atomic mass is 9.93. The van der Waals surface area contributed by atoms with E-state index in [0.717, 1.165) is 48.1 Å². The molecule has 0 atom stereocenters. The summed E-state index contributed by atoms with van der Waals surface area (Å²) in [6.07, 6.45) is 3.71. The Morgan fingerprint density at radius 1 is 1.23 bits per heavy atom. The lowest BCUT2D eigenvalue weighted by Gasteiger charge is -2.11. The highest BCUT2D eigenvalue weighted by molar-refractivity contribution is 7.16. The molecule has 0 saturated heterocycles. The smallest absolute Gasteiger partial charge is 0.346 e. The van der Waals surface area contributed by atoms with Crippen LogP contribution in [0.1, 0.15) is 33.6 Å². The van der Waals surface area contributed by atoms with Gasteiger partial charge in [-0.05, 0) is 31.2 Å². The zero-order valence-corrected chi connectivity index (χ0v) is 7.86. The van der Waals surface area contributed by atoms with Crippen LogP contribution in [0.3, 0.4) is 0 Å². The zero-order valence-electron chi connectivity index (χ0n) is 7.04. The van der Waals surface area contributed by atoms with Gasteiger partial charge in [-0.15, -0.1) is 0 Å². The molecule has 0 unspecified atom stereocenters. The van der Waals surface area contributed by atoms with Gasteiger partial charge in [0.15, 0.2) is 5.06 Å². The summed E-state index contributed by atoms with van der Waals surface area (Å²) in [5.74, 6) is -0.913. The molecule has 1 aliphatic carbocycles. The minimum atomic E-state index is -0.913. The van der Waals surface area contributed by atoms with Crippen LogP contribution in [0.2, 0.25) is 0 Å². The number of hydrogen-bond acceptors (Lipinski definition) is 3.